The fraction of sp³-hybridized carbons (Fsp3) is 0.526. The molecule has 134 valence electrons. The first-order valence-electron chi connectivity index (χ1n) is 9.06. The zero-order valence-corrected chi connectivity index (χ0v) is 15.7. The maximum Gasteiger partial charge on any atom is 0.222 e. The normalized spacial score (nSPS) is 20.4. The summed E-state index contributed by atoms with van der Waals surface area (Å²) in [6.07, 6.45) is 5.19. The Hall–Kier alpha value is -1.95. The van der Waals surface area contributed by atoms with E-state index in [2.05, 4.69) is 28.5 Å². The molecular weight excluding hydrogens is 332 g/mol. The lowest BCUT2D eigenvalue weighted by Gasteiger charge is -2.29. The molecule has 0 saturated heterocycles. The van der Waals surface area contributed by atoms with Crippen molar-refractivity contribution in [2.45, 2.75) is 58.5 Å². The van der Waals surface area contributed by atoms with Gasteiger partial charge in [-0.1, -0.05) is 43.5 Å². The van der Waals surface area contributed by atoms with Gasteiger partial charge in [0.1, 0.15) is 0 Å². The van der Waals surface area contributed by atoms with E-state index in [-0.39, 0.29) is 5.91 Å². The number of aryl methyl sites for hydroxylation is 1. The van der Waals surface area contributed by atoms with Crippen LogP contribution in [0.4, 0.5) is 0 Å². The van der Waals surface area contributed by atoms with Crippen LogP contribution in [0.15, 0.2) is 24.3 Å². The molecule has 1 aromatic carbocycles. The second kappa shape index (κ2) is 7.95. The van der Waals surface area contributed by atoms with Crippen molar-refractivity contribution in [2.75, 3.05) is 0 Å². The van der Waals surface area contributed by atoms with Crippen molar-refractivity contribution in [2.24, 2.45) is 5.92 Å². The van der Waals surface area contributed by atoms with Crippen LogP contribution < -0.4 is 5.32 Å². The molecule has 5 nitrogen and oxygen atoms in total. The third-order valence-corrected chi connectivity index (χ3v) is 5.37. The van der Waals surface area contributed by atoms with Crippen LogP contribution in [0, 0.1) is 17.6 Å². The van der Waals surface area contributed by atoms with E-state index in [1.54, 1.807) is 0 Å². The largest absolute Gasteiger partial charge is 0.353 e. The highest BCUT2D eigenvalue weighted by Crippen LogP contribution is 2.24. The minimum atomic E-state index is 0.0945. The highest BCUT2D eigenvalue weighted by atomic mass is 32.1. The molecular formula is C19H26N4OS. The fourth-order valence-electron chi connectivity index (χ4n) is 3.55. The lowest BCUT2D eigenvalue weighted by molar-refractivity contribution is -0.122. The Morgan fingerprint density at radius 2 is 2.20 bits per heavy atom. The van der Waals surface area contributed by atoms with Gasteiger partial charge < -0.3 is 5.32 Å². The number of carbonyl (C=O) groups excluding carboxylic acids is 1. The van der Waals surface area contributed by atoms with Crippen LogP contribution in [-0.4, -0.2) is 26.7 Å². The first-order chi connectivity index (χ1) is 12.0. The molecule has 3 rings (SSSR count). The Balaban J connectivity index is 1.66. The fourth-order valence-corrected chi connectivity index (χ4v) is 3.78. The van der Waals surface area contributed by atoms with E-state index in [9.17, 15) is 4.79 Å². The van der Waals surface area contributed by atoms with E-state index in [1.165, 1.54) is 24.8 Å². The summed E-state index contributed by atoms with van der Waals surface area (Å²) in [5.74, 6) is 1.45. The molecule has 0 bridgehead atoms. The van der Waals surface area contributed by atoms with Gasteiger partial charge in [-0.05, 0) is 44.0 Å². The highest BCUT2D eigenvalue weighted by molar-refractivity contribution is 7.71. The van der Waals surface area contributed by atoms with Crippen molar-refractivity contribution >= 4 is 18.1 Å². The molecule has 1 aliphatic carbocycles. The molecule has 2 aromatic rings. The SMILES string of the molecule is Cc1cccc(-c2n[nH]c(=S)n2CCC(=O)NC2CCCCC2C)c1. The number of aromatic amines is 1. The highest BCUT2D eigenvalue weighted by Gasteiger charge is 2.22. The van der Waals surface area contributed by atoms with E-state index < -0.39 is 0 Å². The molecule has 0 radical (unpaired) electrons. The minimum absolute atomic E-state index is 0.0945. The van der Waals surface area contributed by atoms with Crippen molar-refractivity contribution in [1.82, 2.24) is 20.1 Å². The van der Waals surface area contributed by atoms with Crippen molar-refractivity contribution < 1.29 is 4.79 Å². The van der Waals surface area contributed by atoms with Gasteiger partial charge in [0.05, 0.1) is 0 Å². The van der Waals surface area contributed by atoms with Crippen LogP contribution in [0.3, 0.4) is 0 Å². The summed E-state index contributed by atoms with van der Waals surface area (Å²) in [7, 11) is 0. The summed E-state index contributed by atoms with van der Waals surface area (Å²) in [4.78, 5) is 12.4. The molecule has 1 aliphatic rings. The monoisotopic (exact) mass is 358 g/mol. The molecule has 2 atom stereocenters. The molecule has 0 aliphatic heterocycles. The Morgan fingerprint density at radius 3 is 2.96 bits per heavy atom. The summed E-state index contributed by atoms with van der Waals surface area (Å²) in [6, 6.07) is 8.45. The zero-order valence-electron chi connectivity index (χ0n) is 14.9. The van der Waals surface area contributed by atoms with E-state index in [4.69, 9.17) is 12.2 Å². The summed E-state index contributed by atoms with van der Waals surface area (Å²) in [6.45, 7) is 4.81. The van der Waals surface area contributed by atoms with Crippen LogP contribution in [-0.2, 0) is 11.3 Å². The summed E-state index contributed by atoms with van der Waals surface area (Å²) in [5.41, 5.74) is 2.18. The molecule has 1 amide bonds. The standard InChI is InChI=1S/C19H26N4OS/c1-13-6-5-8-15(12-13)18-21-22-19(25)23(18)11-10-17(24)20-16-9-4-3-7-14(16)2/h5-6,8,12,14,16H,3-4,7,9-11H2,1-2H3,(H,20,24)(H,22,25). The molecule has 1 saturated carbocycles. The molecule has 25 heavy (non-hydrogen) atoms. The van der Waals surface area contributed by atoms with Crippen molar-refractivity contribution in [3.8, 4) is 11.4 Å². The number of carbonyl (C=O) groups is 1. The van der Waals surface area contributed by atoms with Crippen LogP contribution in [0.25, 0.3) is 11.4 Å². The Labute approximate surface area is 153 Å². The lowest BCUT2D eigenvalue weighted by Crippen LogP contribution is -2.41. The molecule has 1 fully saturated rings. The number of benzene rings is 1. The molecule has 2 unspecified atom stereocenters. The Morgan fingerprint density at radius 1 is 1.40 bits per heavy atom. The van der Waals surface area contributed by atoms with Gasteiger partial charge in [0, 0.05) is 24.6 Å². The topological polar surface area (TPSA) is 62.7 Å². The first kappa shape index (κ1) is 17.9. The smallest absolute Gasteiger partial charge is 0.222 e. The number of amides is 1. The maximum absolute atomic E-state index is 12.4. The number of H-pyrrole nitrogens is 1. The van der Waals surface area contributed by atoms with Gasteiger partial charge in [0.2, 0.25) is 5.91 Å². The van der Waals surface area contributed by atoms with E-state index in [1.807, 2.05) is 29.7 Å². The first-order valence-corrected chi connectivity index (χ1v) is 9.47. The van der Waals surface area contributed by atoms with Gasteiger partial charge in [0.25, 0.3) is 0 Å². The van der Waals surface area contributed by atoms with E-state index in [0.29, 0.717) is 29.7 Å². The molecule has 1 aromatic heterocycles. The van der Waals surface area contributed by atoms with Gasteiger partial charge in [-0.3, -0.25) is 14.5 Å². The van der Waals surface area contributed by atoms with Crippen molar-refractivity contribution in [3.05, 3.63) is 34.6 Å². The summed E-state index contributed by atoms with van der Waals surface area (Å²) >= 11 is 5.35. The second-order valence-corrected chi connectivity index (χ2v) is 7.45. The van der Waals surface area contributed by atoms with Crippen LogP contribution >= 0.6 is 12.2 Å². The number of aromatic nitrogens is 3. The second-order valence-electron chi connectivity index (χ2n) is 7.06. The quantitative estimate of drug-likeness (QED) is 0.794. The van der Waals surface area contributed by atoms with Gasteiger partial charge >= 0.3 is 0 Å². The van der Waals surface area contributed by atoms with Gasteiger partial charge in [-0.15, -0.1) is 0 Å². The van der Waals surface area contributed by atoms with Crippen molar-refractivity contribution in [3.63, 3.8) is 0 Å². The van der Waals surface area contributed by atoms with Gasteiger partial charge in [0.15, 0.2) is 10.6 Å². The van der Waals surface area contributed by atoms with E-state index in [0.717, 1.165) is 17.8 Å². The zero-order chi connectivity index (χ0) is 17.8. The molecule has 0 spiro atoms. The number of hydrogen-bond donors (Lipinski definition) is 2. The number of hydrogen-bond acceptors (Lipinski definition) is 3. The maximum atomic E-state index is 12.4. The van der Waals surface area contributed by atoms with Crippen LogP contribution in [0.2, 0.25) is 0 Å². The third kappa shape index (κ3) is 4.37. The number of nitrogens with one attached hydrogen (secondary N) is 2. The molecule has 1 heterocycles. The number of nitrogens with zero attached hydrogens (tertiary/aromatic N) is 2. The summed E-state index contributed by atoms with van der Waals surface area (Å²) in [5, 5.41) is 10.4. The van der Waals surface area contributed by atoms with Crippen LogP contribution in [0.1, 0.15) is 44.6 Å². The Bertz CT molecular complexity index is 795. The third-order valence-electron chi connectivity index (χ3n) is 5.05. The van der Waals surface area contributed by atoms with Crippen molar-refractivity contribution in [1.29, 1.82) is 0 Å². The average molecular weight is 359 g/mol. The van der Waals surface area contributed by atoms with Crippen LogP contribution in [0.5, 0.6) is 0 Å². The molecule has 6 heteroatoms. The predicted octanol–water partition coefficient (Wildman–Crippen LogP) is 4.00. The summed E-state index contributed by atoms with van der Waals surface area (Å²) < 4.78 is 2.46. The predicted molar refractivity (Wildman–Crippen MR) is 102 cm³/mol. The average Bonchev–Trinajstić information content (AvgIpc) is 2.96. The Kier molecular flexibility index (Phi) is 5.68. The minimum Gasteiger partial charge on any atom is -0.353 e. The number of rotatable bonds is 5. The van der Waals surface area contributed by atoms with Gasteiger partial charge in [-0.2, -0.15) is 5.10 Å². The lowest BCUT2D eigenvalue weighted by atomic mass is 9.86. The van der Waals surface area contributed by atoms with E-state index >= 15 is 0 Å². The molecule has 2 N–H and O–H groups in total. The van der Waals surface area contributed by atoms with Gasteiger partial charge in [-0.25, -0.2) is 0 Å².